The highest BCUT2D eigenvalue weighted by atomic mass is 16.5. The molecule has 20 heavy (non-hydrogen) atoms. The SMILES string of the molecule is C#CC1(N(Cc2ccccc2)[C@H](CO)C(C)C)COC1. The minimum atomic E-state index is -0.381. The molecule has 1 aliphatic rings. The molecule has 1 N–H and O–H groups in total. The topological polar surface area (TPSA) is 32.7 Å². The lowest BCUT2D eigenvalue weighted by molar-refractivity contribution is -0.136. The van der Waals surface area contributed by atoms with Crippen molar-refractivity contribution in [3.8, 4) is 12.3 Å². The van der Waals surface area contributed by atoms with Crippen LogP contribution < -0.4 is 0 Å². The summed E-state index contributed by atoms with van der Waals surface area (Å²) in [5.41, 5.74) is 0.821. The van der Waals surface area contributed by atoms with Crippen molar-refractivity contribution < 1.29 is 9.84 Å². The molecule has 3 heteroatoms. The summed E-state index contributed by atoms with van der Waals surface area (Å²) in [6, 6.07) is 10.3. The van der Waals surface area contributed by atoms with Gasteiger partial charge in [-0.3, -0.25) is 4.90 Å². The molecule has 0 radical (unpaired) electrons. The summed E-state index contributed by atoms with van der Waals surface area (Å²) in [7, 11) is 0. The maximum absolute atomic E-state index is 9.77. The van der Waals surface area contributed by atoms with Crippen molar-refractivity contribution in [1.82, 2.24) is 4.90 Å². The molecule has 3 nitrogen and oxygen atoms in total. The van der Waals surface area contributed by atoms with Gasteiger partial charge in [0, 0.05) is 12.6 Å². The third-order valence-electron chi connectivity index (χ3n) is 4.05. The first-order chi connectivity index (χ1) is 9.63. The molecule has 1 fully saturated rings. The van der Waals surface area contributed by atoms with Crippen LogP contribution in [-0.4, -0.2) is 41.4 Å². The van der Waals surface area contributed by atoms with Crippen molar-refractivity contribution in [2.75, 3.05) is 19.8 Å². The van der Waals surface area contributed by atoms with E-state index in [1.165, 1.54) is 5.56 Å². The molecule has 0 spiro atoms. The minimum Gasteiger partial charge on any atom is -0.395 e. The first-order valence-corrected chi connectivity index (χ1v) is 7.10. The Morgan fingerprint density at radius 1 is 1.35 bits per heavy atom. The van der Waals surface area contributed by atoms with Crippen LogP contribution in [0.1, 0.15) is 19.4 Å². The second-order valence-electron chi connectivity index (χ2n) is 5.78. The van der Waals surface area contributed by atoms with Gasteiger partial charge in [0.05, 0.1) is 19.8 Å². The maximum atomic E-state index is 9.77. The average molecular weight is 273 g/mol. The van der Waals surface area contributed by atoms with Crippen molar-refractivity contribution in [1.29, 1.82) is 0 Å². The zero-order valence-corrected chi connectivity index (χ0v) is 12.2. The number of hydrogen-bond donors (Lipinski definition) is 1. The Morgan fingerprint density at radius 3 is 2.40 bits per heavy atom. The van der Waals surface area contributed by atoms with Crippen LogP contribution in [0.5, 0.6) is 0 Å². The number of rotatable bonds is 6. The van der Waals surface area contributed by atoms with Crippen molar-refractivity contribution in [3.05, 3.63) is 35.9 Å². The van der Waals surface area contributed by atoms with Crippen LogP contribution in [0, 0.1) is 18.3 Å². The summed E-state index contributed by atoms with van der Waals surface area (Å²) in [5.74, 6) is 3.22. The van der Waals surface area contributed by atoms with Gasteiger partial charge in [0.1, 0.15) is 5.54 Å². The summed E-state index contributed by atoms with van der Waals surface area (Å²) in [6.07, 6.45) is 5.76. The van der Waals surface area contributed by atoms with Crippen molar-refractivity contribution in [2.24, 2.45) is 5.92 Å². The molecule has 108 valence electrons. The number of benzene rings is 1. The van der Waals surface area contributed by atoms with Crippen LogP contribution in [0.15, 0.2) is 30.3 Å². The fraction of sp³-hybridized carbons (Fsp3) is 0.529. The Morgan fingerprint density at radius 2 is 2.00 bits per heavy atom. The normalized spacial score (nSPS) is 18.6. The van der Waals surface area contributed by atoms with Crippen LogP contribution in [0.25, 0.3) is 0 Å². The van der Waals surface area contributed by atoms with E-state index in [0.29, 0.717) is 19.1 Å². The Hall–Kier alpha value is -1.34. The molecule has 0 bridgehead atoms. The van der Waals surface area contributed by atoms with Gasteiger partial charge in [0.15, 0.2) is 0 Å². The maximum Gasteiger partial charge on any atom is 0.130 e. The third kappa shape index (κ3) is 2.88. The Kier molecular flexibility index (Phi) is 4.82. The van der Waals surface area contributed by atoms with Gasteiger partial charge in [-0.15, -0.1) is 6.42 Å². The van der Waals surface area contributed by atoms with Crippen LogP contribution in [0.3, 0.4) is 0 Å². The van der Waals surface area contributed by atoms with Crippen molar-refractivity contribution >= 4 is 0 Å². The fourth-order valence-electron chi connectivity index (χ4n) is 2.66. The van der Waals surface area contributed by atoms with Gasteiger partial charge < -0.3 is 9.84 Å². The van der Waals surface area contributed by atoms with E-state index >= 15 is 0 Å². The Labute approximate surface area is 121 Å². The second-order valence-corrected chi connectivity index (χ2v) is 5.78. The molecule has 1 heterocycles. The first-order valence-electron chi connectivity index (χ1n) is 7.10. The highest BCUT2D eigenvalue weighted by molar-refractivity contribution is 5.22. The van der Waals surface area contributed by atoms with Gasteiger partial charge in [-0.05, 0) is 11.5 Å². The van der Waals surface area contributed by atoms with Gasteiger partial charge >= 0.3 is 0 Å². The zero-order valence-electron chi connectivity index (χ0n) is 12.2. The Balaban J connectivity index is 2.27. The smallest absolute Gasteiger partial charge is 0.130 e. The molecule has 0 aromatic heterocycles. The molecule has 0 saturated carbocycles. The van der Waals surface area contributed by atoms with Crippen molar-refractivity contribution in [3.63, 3.8) is 0 Å². The zero-order chi connectivity index (χ0) is 14.6. The van der Waals surface area contributed by atoms with E-state index in [2.05, 4.69) is 36.8 Å². The number of hydrogen-bond acceptors (Lipinski definition) is 3. The highest BCUT2D eigenvalue weighted by Crippen LogP contribution is 2.30. The average Bonchev–Trinajstić information content (AvgIpc) is 2.39. The molecule has 0 unspecified atom stereocenters. The summed E-state index contributed by atoms with van der Waals surface area (Å²) < 4.78 is 5.36. The predicted molar refractivity (Wildman–Crippen MR) is 80.1 cm³/mol. The molecule has 1 aromatic rings. The molecular formula is C17H23NO2. The second kappa shape index (κ2) is 6.41. The van der Waals surface area contributed by atoms with E-state index in [1.807, 2.05) is 18.2 Å². The Bertz CT molecular complexity index is 460. The number of terminal acetylenes is 1. The van der Waals surface area contributed by atoms with E-state index in [0.717, 1.165) is 6.54 Å². The summed E-state index contributed by atoms with van der Waals surface area (Å²) in [6.45, 7) is 6.15. The number of aliphatic hydroxyl groups is 1. The minimum absolute atomic E-state index is 0.0372. The van der Waals surface area contributed by atoms with E-state index in [9.17, 15) is 5.11 Å². The van der Waals surface area contributed by atoms with Crippen LogP contribution in [-0.2, 0) is 11.3 Å². The molecule has 1 aliphatic heterocycles. The molecule has 1 aromatic carbocycles. The van der Waals surface area contributed by atoms with E-state index < -0.39 is 0 Å². The molecule has 0 amide bonds. The monoisotopic (exact) mass is 273 g/mol. The number of nitrogens with zero attached hydrogens (tertiary/aromatic N) is 1. The van der Waals surface area contributed by atoms with Crippen molar-refractivity contribution in [2.45, 2.75) is 32.0 Å². The van der Waals surface area contributed by atoms with Gasteiger partial charge in [0.25, 0.3) is 0 Å². The van der Waals surface area contributed by atoms with E-state index in [-0.39, 0.29) is 18.2 Å². The van der Waals surface area contributed by atoms with Gasteiger partial charge in [-0.25, -0.2) is 0 Å². The largest absolute Gasteiger partial charge is 0.395 e. The van der Waals surface area contributed by atoms with Crippen LogP contribution >= 0.6 is 0 Å². The number of aliphatic hydroxyl groups excluding tert-OH is 1. The third-order valence-corrected chi connectivity index (χ3v) is 4.05. The van der Waals surface area contributed by atoms with E-state index in [4.69, 9.17) is 11.2 Å². The lowest BCUT2D eigenvalue weighted by Gasteiger charge is -2.50. The molecule has 2 rings (SSSR count). The fourth-order valence-corrected chi connectivity index (χ4v) is 2.66. The van der Waals surface area contributed by atoms with Gasteiger partial charge in [-0.2, -0.15) is 0 Å². The van der Waals surface area contributed by atoms with Gasteiger partial charge in [0.2, 0.25) is 0 Å². The highest BCUT2D eigenvalue weighted by Gasteiger charge is 2.46. The summed E-state index contributed by atoms with van der Waals surface area (Å²) in [5, 5.41) is 9.77. The predicted octanol–water partition coefficient (Wildman–Crippen LogP) is 1.91. The quantitative estimate of drug-likeness (QED) is 0.804. The standard InChI is InChI=1S/C17H23NO2/c1-4-17(12-20-13-17)18(16(11-19)14(2)3)10-15-8-6-5-7-9-15/h1,5-9,14,16,19H,10-13H2,2-3H3/t16-/m1/s1. The molecular weight excluding hydrogens is 250 g/mol. The van der Waals surface area contributed by atoms with Gasteiger partial charge in [-0.1, -0.05) is 50.1 Å². The molecule has 1 saturated heterocycles. The summed E-state index contributed by atoms with van der Waals surface area (Å²) >= 11 is 0. The van der Waals surface area contributed by atoms with Crippen LogP contribution in [0.4, 0.5) is 0 Å². The molecule has 0 aliphatic carbocycles. The lowest BCUT2D eigenvalue weighted by atomic mass is 9.90. The first kappa shape index (κ1) is 15.1. The molecule has 1 atom stereocenters. The van der Waals surface area contributed by atoms with E-state index in [1.54, 1.807) is 0 Å². The number of ether oxygens (including phenoxy) is 1. The summed E-state index contributed by atoms with van der Waals surface area (Å²) in [4.78, 5) is 2.23. The van der Waals surface area contributed by atoms with Crippen LogP contribution in [0.2, 0.25) is 0 Å². The lowest BCUT2D eigenvalue weighted by Crippen LogP contribution is -2.65.